The molecule has 2 aromatic rings. The van der Waals surface area contributed by atoms with E-state index in [2.05, 4.69) is 19.2 Å². The van der Waals surface area contributed by atoms with Gasteiger partial charge in [0.05, 0.1) is 0 Å². The predicted octanol–water partition coefficient (Wildman–Crippen LogP) is 4.14. The summed E-state index contributed by atoms with van der Waals surface area (Å²) < 4.78 is 13.7. The normalized spacial score (nSPS) is 11.0. The molecule has 106 valence electrons. The molecule has 0 bridgehead atoms. The zero-order chi connectivity index (χ0) is 14.5. The Morgan fingerprint density at radius 1 is 1.10 bits per heavy atom. The molecule has 1 amide bonds. The summed E-state index contributed by atoms with van der Waals surface area (Å²) in [7, 11) is 0. The van der Waals surface area contributed by atoms with Crippen molar-refractivity contribution < 1.29 is 9.18 Å². The molecule has 3 heteroatoms. The zero-order valence-corrected chi connectivity index (χ0v) is 11.9. The minimum absolute atomic E-state index is 0.131. The molecule has 1 N–H and O–H groups in total. The van der Waals surface area contributed by atoms with Crippen LogP contribution in [0, 0.1) is 11.7 Å². The van der Waals surface area contributed by atoms with Gasteiger partial charge in [-0.05, 0) is 23.4 Å². The van der Waals surface area contributed by atoms with E-state index >= 15 is 0 Å². The summed E-state index contributed by atoms with van der Waals surface area (Å²) in [6.07, 6.45) is 2.09. The molecule has 0 saturated carbocycles. The molecule has 0 aliphatic carbocycles. The number of carbonyl (C=O) groups is 1. The fraction of sp³-hybridized carbons (Fsp3) is 0.353. The maximum Gasteiger partial charge on any atom is 0.251 e. The fourth-order valence-electron chi connectivity index (χ4n) is 2.37. The topological polar surface area (TPSA) is 29.1 Å². The van der Waals surface area contributed by atoms with Crippen LogP contribution in [0.5, 0.6) is 0 Å². The maximum absolute atomic E-state index is 13.7. The molecule has 0 spiro atoms. The van der Waals surface area contributed by atoms with Crippen molar-refractivity contribution in [3.05, 3.63) is 47.8 Å². The van der Waals surface area contributed by atoms with Gasteiger partial charge in [-0.3, -0.25) is 4.79 Å². The van der Waals surface area contributed by atoms with Crippen molar-refractivity contribution in [2.75, 3.05) is 6.54 Å². The molecule has 0 heterocycles. The molecule has 2 nitrogen and oxygen atoms in total. The van der Waals surface area contributed by atoms with Gasteiger partial charge in [0.1, 0.15) is 5.82 Å². The molecule has 0 unspecified atom stereocenters. The first-order valence-electron chi connectivity index (χ1n) is 7.12. The van der Waals surface area contributed by atoms with E-state index in [-0.39, 0.29) is 11.7 Å². The molecular weight excluding hydrogens is 253 g/mol. The van der Waals surface area contributed by atoms with Crippen LogP contribution in [-0.4, -0.2) is 12.5 Å². The summed E-state index contributed by atoms with van der Waals surface area (Å²) in [6.45, 7) is 4.90. The smallest absolute Gasteiger partial charge is 0.251 e. The Labute approximate surface area is 119 Å². The number of hydrogen-bond donors (Lipinski definition) is 1. The van der Waals surface area contributed by atoms with Crippen molar-refractivity contribution in [2.24, 2.45) is 5.92 Å². The van der Waals surface area contributed by atoms with Crippen LogP contribution in [0.15, 0.2) is 36.4 Å². The second kappa shape index (κ2) is 6.51. The van der Waals surface area contributed by atoms with Gasteiger partial charge < -0.3 is 5.32 Å². The van der Waals surface area contributed by atoms with Crippen LogP contribution >= 0.6 is 0 Å². The number of halogens is 1. The third-order valence-electron chi connectivity index (χ3n) is 3.82. The van der Waals surface area contributed by atoms with Crippen molar-refractivity contribution in [1.29, 1.82) is 0 Å². The Morgan fingerprint density at radius 3 is 2.40 bits per heavy atom. The van der Waals surface area contributed by atoms with Crippen LogP contribution < -0.4 is 5.32 Å². The molecule has 0 saturated heterocycles. The Morgan fingerprint density at radius 2 is 1.75 bits per heavy atom. The van der Waals surface area contributed by atoms with E-state index in [4.69, 9.17) is 0 Å². The summed E-state index contributed by atoms with van der Waals surface area (Å²) in [5, 5.41) is 4.10. The standard InChI is InChI=1S/C17H20FNO/c1-3-12(4-2)11-19-17(20)15-9-10-16(18)14-8-6-5-7-13(14)15/h5-10,12H,3-4,11H2,1-2H3,(H,19,20). The summed E-state index contributed by atoms with van der Waals surface area (Å²) in [5.74, 6) is 0.0657. The number of amides is 1. The Bertz CT molecular complexity index is 605. The van der Waals surface area contributed by atoms with Crippen molar-refractivity contribution in [2.45, 2.75) is 26.7 Å². The van der Waals surface area contributed by atoms with Gasteiger partial charge in [-0.25, -0.2) is 4.39 Å². The molecule has 0 fully saturated rings. The first kappa shape index (κ1) is 14.5. The first-order chi connectivity index (χ1) is 9.67. The lowest BCUT2D eigenvalue weighted by Gasteiger charge is -2.14. The van der Waals surface area contributed by atoms with E-state index in [1.807, 2.05) is 6.07 Å². The van der Waals surface area contributed by atoms with Crippen LogP contribution in [-0.2, 0) is 0 Å². The number of carbonyl (C=O) groups excluding carboxylic acids is 1. The highest BCUT2D eigenvalue weighted by Crippen LogP contribution is 2.21. The van der Waals surface area contributed by atoms with E-state index in [9.17, 15) is 9.18 Å². The number of rotatable bonds is 5. The van der Waals surface area contributed by atoms with Gasteiger partial charge in [0.2, 0.25) is 0 Å². The maximum atomic E-state index is 13.7. The number of benzene rings is 2. The van der Waals surface area contributed by atoms with E-state index in [0.29, 0.717) is 28.8 Å². The second-order valence-electron chi connectivity index (χ2n) is 5.03. The highest BCUT2D eigenvalue weighted by atomic mass is 19.1. The van der Waals surface area contributed by atoms with Gasteiger partial charge in [0.25, 0.3) is 5.91 Å². The highest BCUT2D eigenvalue weighted by molar-refractivity contribution is 6.07. The third kappa shape index (κ3) is 2.98. The predicted molar refractivity (Wildman–Crippen MR) is 80.3 cm³/mol. The van der Waals surface area contributed by atoms with E-state index in [1.165, 1.54) is 6.07 Å². The summed E-state index contributed by atoms with van der Waals surface area (Å²) >= 11 is 0. The average Bonchev–Trinajstić information content (AvgIpc) is 2.48. The van der Waals surface area contributed by atoms with Crippen LogP contribution in [0.25, 0.3) is 10.8 Å². The fourth-order valence-corrected chi connectivity index (χ4v) is 2.37. The number of hydrogen-bond acceptors (Lipinski definition) is 1. The molecule has 20 heavy (non-hydrogen) atoms. The van der Waals surface area contributed by atoms with Crippen LogP contribution in [0.3, 0.4) is 0 Å². The van der Waals surface area contributed by atoms with Crippen molar-refractivity contribution >= 4 is 16.7 Å². The minimum atomic E-state index is -0.294. The minimum Gasteiger partial charge on any atom is -0.352 e. The average molecular weight is 273 g/mol. The lowest BCUT2D eigenvalue weighted by atomic mass is 10.0. The SMILES string of the molecule is CCC(CC)CNC(=O)c1ccc(F)c2ccccc12. The summed E-state index contributed by atoms with van der Waals surface area (Å²) in [5.41, 5.74) is 0.535. The lowest BCUT2D eigenvalue weighted by molar-refractivity contribution is 0.0948. The first-order valence-corrected chi connectivity index (χ1v) is 7.12. The second-order valence-corrected chi connectivity index (χ2v) is 5.03. The van der Waals surface area contributed by atoms with Crippen molar-refractivity contribution in [3.63, 3.8) is 0 Å². The largest absolute Gasteiger partial charge is 0.352 e. The number of nitrogens with one attached hydrogen (secondary N) is 1. The van der Waals surface area contributed by atoms with Gasteiger partial charge >= 0.3 is 0 Å². The van der Waals surface area contributed by atoms with Crippen molar-refractivity contribution in [1.82, 2.24) is 5.32 Å². The number of fused-ring (bicyclic) bond motifs is 1. The molecule has 0 radical (unpaired) electrons. The molecule has 0 aliphatic heterocycles. The monoisotopic (exact) mass is 273 g/mol. The highest BCUT2D eigenvalue weighted by Gasteiger charge is 2.13. The van der Waals surface area contributed by atoms with Crippen LogP contribution in [0.1, 0.15) is 37.0 Å². The summed E-state index contributed by atoms with van der Waals surface area (Å²) in [6, 6.07) is 9.98. The molecule has 0 atom stereocenters. The molecule has 0 aliphatic rings. The lowest BCUT2D eigenvalue weighted by Crippen LogP contribution is -2.29. The van der Waals surface area contributed by atoms with Gasteiger partial charge in [-0.15, -0.1) is 0 Å². The van der Waals surface area contributed by atoms with Crippen LogP contribution in [0.2, 0.25) is 0 Å². The van der Waals surface area contributed by atoms with Gasteiger partial charge in [-0.2, -0.15) is 0 Å². The quantitative estimate of drug-likeness (QED) is 0.871. The van der Waals surface area contributed by atoms with E-state index in [0.717, 1.165) is 12.8 Å². The third-order valence-corrected chi connectivity index (χ3v) is 3.82. The van der Waals surface area contributed by atoms with Gasteiger partial charge in [0.15, 0.2) is 0 Å². The Kier molecular flexibility index (Phi) is 4.72. The van der Waals surface area contributed by atoms with Crippen molar-refractivity contribution in [3.8, 4) is 0 Å². The Hall–Kier alpha value is -1.90. The van der Waals surface area contributed by atoms with Gasteiger partial charge in [0, 0.05) is 17.5 Å². The molecule has 2 aromatic carbocycles. The molecule has 0 aromatic heterocycles. The zero-order valence-electron chi connectivity index (χ0n) is 11.9. The molecule has 2 rings (SSSR count). The van der Waals surface area contributed by atoms with Crippen LogP contribution in [0.4, 0.5) is 4.39 Å². The Balaban J connectivity index is 2.25. The van der Waals surface area contributed by atoms with E-state index in [1.54, 1.807) is 24.3 Å². The summed E-state index contributed by atoms with van der Waals surface area (Å²) in [4.78, 5) is 12.3. The van der Waals surface area contributed by atoms with Gasteiger partial charge in [-0.1, -0.05) is 51.0 Å². The van der Waals surface area contributed by atoms with E-state index < -0.39 is 0 Å². The molecular formula is C17H20FNO.